The van der Waals surface area contributed by atoms with Crippen molar-refractivity contribution < 1.29 is 19.0 Å². The minimum atomic E-state index is -0.712. The third-order valence-electron chi connectivity index (χ3n) is 6.59. The molecular formula is C32H28BrClN2O5S. The van der Waals surface area contributed by atoms with Crippen molar-refractivity contribution in [3.63, 3.8) is 0 Å². The molecule has 1 atom stereocenters. The molecule has 0 fully saturated rings. The van der Waals surface area contributed by atoms with Crippen LogP contribution in [0, 0.1) is 0 Å². The van der Waals surface area contributed by atoms with Crippen molar-refractivity contribution in [2.75, 3.05) is 13.2 Å². The highest BCUT2D eigenvalue weighted by molar-refractivity contribution is 9.10. The van der Waals surface area contributed by atoms with E-state index in [1.54, 1.807) is 48.8 Å². The van der Waals surface area contributed by atoms with Gasteiger partial charge in [0.2, 0.25) is 0 Å². The molecule has 7 nitrogen and oxygen atoms in total. The Labute approximate surface area is 260 Å². The summed E-state index contributed by atoms with van der Waals surface area (Å²) in [5.41, 5.74) is 3.04. The zero-order valence-corrected chi connectivity index (χ0v) is 26.4. The fourth-order valence-electron chi connectivity index (χ4n) is 4.67. The Morgan fingerprint density at radius 3 is 2.45 bits per heavy atom. The molecule has 1 aromatic heterocycles. The van der Waals surface area contributed by atoms with E-state index in [2.05, 4.69) is 20.9 Å². The fourth-order valence-corrected chi connectivity index (χ4v) is 6.27. The van der Waals surface area contributed by atoms with Crippen molar-refractivity contribution in [3.05, 3.63) is 124 Å². The summed E-state index contributed by atoms with van der Waals surface area (Å²) in [5, 5.41) is 0.552. The molecule has 42 heavy (non-hydrogen) atoms. The zero-order chi connectivity index (χ0) is 29.8. The van der Waals surface area contributed by atoms with Gasteiger partial charge in [0.25, 0.3) is 5.56 Å². The maximum Gasteiger partial charge on any atom is 0.338 e. The van der Waals surface area contributed by atoms with Crippen molar-refractivity contribution >= 4 is 50.9 Å². The van der Waals surface area contributed by atoms with Crippen LogP contribution in [0.1, 0.15) is 43.5 Å². The zero-order valence-electron chi connectivity index (χ0n) is 23.2. The van der Waals surface area contributed by atoms with Crippen LogP contribution in [0.4, 0.5) is 0 Å². The minimum absolute atomic E-state index is 0.203. The van der Waals surface area contributed by atoms with Crippen LogP contribution in [-0.2, 0) is 16.1 Å². The number of carbonyl (C=O) groups is 1. The number of nitrogens with zero attached hydrogens (tertiary/aromatic N) is 2. The third-order valence-corrected chi connectivity index (χ3v) is 8.51. The Balaban J connectivity index is 1.60. The van der Waals surface area contributed by atoms with Gasteiger partial charge in [0.05, 0.1) is 35.1 Å². The lowest BCUT2D eigenvalue weighted by molar-refractivity contribution is -0.139. The van der Waals surface area contributed by atoms with Crippen molar-refractivity contribution in [1.29, 1.82) is 0 Å². The number of fused-ring (bicyclic) bond motifs is 1. The Morgan fingerprint density at radius 2 is 1.76 bits per heavy atom. The molecule has 0 spiro atoms. The number of esters is 1. The summed E-state index contributed by atoms with van der Waals surface area (Å²) >= 11 is 11.0. The summed E-state index contributed by atoms with van der Waals surface area (Å²) < 4.78 is 20.1. The van der Waals surface area contributed by atoms with E-state index in [0.717, 1.165) is 21.2 Å². The van der Waals surface area contributed by atoms with Gasteiger partial charge in [-0.3, -0.25) is 9.36 Å². The molecule has 2 heterocycles. The fraction of sp³-hybridized carbons (Fsp3) is 0.219. The Kier molecular flexibility index (Phi) is 9.30. The first-order valence-corrected chi connectivity index (χ1v) is 15.4. The van der Waals surface area contributed by atoms with Crippen LogP contribution in [0.5, 0.6) is 11.5 Å². The first-order chi connectivity index (χ1) is 20.3. The number of hydrogen-bond donors (Lipinski definition) is 0. The van der Waals surface area contributed by atoms with E-state index in [0.29, 0.717) is 50.3 Å². The lowest BCUT2D eigenvalue weighted by Crippen LogP contribution is -2.39. The number of thiazole rings is 1. The molecule has 10 heteroatoms. The minimum Gasteiger partial charge on any atom is -0.490 e. The van der Waals surface area contributed by atoms with Gasteiger partial charge >= 0.3 is 5.97 Å². The summed E-state index contributed by atoms with van der Waals surface area (Å²) in [6.07, 6.45) is 1.79. The van der Waals surface area contributed by atoms with Crippen molar-refractivity contribution in [3.8, 4) is 11.5 Å². The second-order valence-corrected chi connectivity index (χ2v) is 11.7. The molecule has 0 bridgehead atoms. The number of carbonyl (C=O) groups excluding carboxylic acids is 1. The number of hydrogen-bond acceptors (Lipinski definition) is 7. The molecule has 1 aliphatic heterocycles. The van der Waals surface area contributed by atoms with Gasteiger partial charge in [-0.15, -0.1) is 0 Å². The number of rotatable bonds is 9. The highest BCUT2D eigenvalue weighted by atomic mass is 79.9. The van der Waals surface area contributed by atoms with Gasteiger partial charge in [0.1, 0.15) is 6.61 Å². The van der Waals surface area contributed by atoms with E-state index in [4.69, 9.17) is 25.8 Å². The molecular weight excluding hydrogens is 640 g/mol. The van der Waals surface area contributed by atoms with Gasteiger partial charge in [-0.1, -0.05) is 81.3 Å². The molecule has 0 aliphatic carbocycles. The molecule has 0 N–H and O–H groups in total. The van der Waals surface area contributed by atoms with Gasteiger partial charge < -0.3 is 14.2 Å². The molecule has 5 rings (SSSR count). The molecule has 0 amide bonds. The first-order valence-electron chi connectivity index (χ1n) is 13.4. The summed E-state index contributed by atoms with van der Waals surface area (Å²) in [6, 6.07) is 19.9. The Bertz CT molecular complexity index is 1830. The SMILES string of the molecule is CCOC(=O)C1=C(C)N=c2s/c(=C\c3cc(OCC)c(OCc4ccccc4)cc3Br)c(=O)n2[C@H]1c1ccc(Cl)cc1. The van der Waals surface area contributed by atoms with Crippen LogP contribution < -0.4 is 24.4 Å². The third kappa shape index (κ3) is 6.23. The number of benzene rings is 3. The van der Waals surface area contributed by atoms with E-state index in [9.17, 15) is 9.59 Å². The van der Waals surface area contributed by atoms with Crippen LogP contribution in [0.3, 0.4) is 0 Å². The topological polar surface area (TPSA) is 79.1 Å². The predicted molar refractivity (Wildman–Crippen MR) is 168 cm³/mol. The molecule has 0 unspecified atom stereocenters. The van der Waals surface area contributed by atoms with Crippen molar-refractivity contribution in [2.45, 2.75) is 33.4 Å². The summed E-state index contributed by atoms with van der Waals surface area (Å²) in [7, 11) is 0. The molecule has 0 saturated heterocycles. The van der Waals surface area contributed by atoms with Crippen LogP contribution in [0.25, 0.3) is 6.08 Å². The average molecular weight is 668 g/mol. The molecule has 4 aromatic rings. The normalized spacial score (nSPS) is 14.8. The summed E-state index contributed by atoms with van der Waals surface area (Å²) in [6.45, 7) is 6.44. The van der Waals surface area contributed by atoms with Crippen LogP contribution in [0.2, 0.25) is 5.02 Å². The van der Waals surface area contributed by atoms with Crippen molar-refractivity contribution in [2.24, 2.45) is 4.99 Å². The molecule has 3 aromatic carbocycles. The van der Waals surface area contributed by atoms with E-state index in [1.807, 2.05) is 49.4 Å². The largest absolute Gasteiger partial charge is 0.490 e. The number of allylic oxidation sites excluding steroid dienone is 1. The maximum atomic E-state index is 14.0. The number of aromatic nitrogens is 1. The Morgan fingerprint density at radius 1 is 1.05 bits per heavy atom. The molecule has 216 valence electrons. The summed E-state index contributed by atoms with van der Waals surface area (Å²) in [4.78, 5) is 32.2. The van der Waals surface area contributed by atoms with Gasteiger partial charge in [0, 0.05) is 9.50 Å². The van der Waals surface area contributed by atoms with E-state index in [-0.39, 0.29) is 12.2 Å². The quantitative estimate of drug-likeness (QED) is 0.199. The standard InChI is InChI=1S/C32H28BrClN2O5S/c1-4-39-25-15-22(24(33)17-26(25)41-18-20-9-7-6-8-10-20)16-27-30(37)36-29(21-11-13-23(34)14-12-21)28(31(38)40-5-2)19(3)35-32(36)42-27/h6-17,29H,4-5,18H2,1-3H3/b27-16-/t29-/m0/s1. The first kappa shape index (κ1) is 29.8. The monoisotopic (exact) mass is 666 g/mol. The second-order valence-electron chi connectivity index (χ2n) is 9.38. The van der Waals surface area contributed by atoms with Crippen LogP contribution in [0.15, 0.2) is 92.3 Å². The molecule has 1 aliphatic rings. The van der Waals surface area contributed by atoms with Crippen molar-refractivity contribution in [1.82, 2.24) is 4.57 Å². The second kappa shape index (κ2) is 13.1. The number of ether oxygens (including phenoxy) is 3. The van der Waals surface area contributed by atoms with Gasteiger partial charge in [-0.25, -0.2) is 9.79 Å². The van der Waals surface area contributed by atoms with Gasteiger partial charge in [-0.05, 0) is 67.8 Å². The lowest BCUT2D eigenvalue weighted by Gasteiger charge is -2.24. The highest BCUT2D eigenvalue weighted by Gasteiger charge is 2.33. The summed E-state index contributed by atoms with van der Waals surface area (Å²) in [5.74, 6) is 0.641. The van der Waals surface area contributed by atoms with Gasteiger partial charge in [-0.2, -0.15) is 0 Å². The van der Waals surface area contributed by atoms with E-state index < -0.39 is 12.0 Å². The Hall–Kier alpha value is -3.66. The maximum absolute atomic E-state index is 14.0. The van der Waals surface area contributed by atoms with Crippen LogP contribution in [-0.4, -0.2) is 23.8 Å². The van der Waals surface area contributed by atoms with Gasteiger partial charge in [0.15, 0.2) is 16.3 Å². The average Bonchev–Trinajstić information content (AvgIpc) is 3.28. The highest BCUT2D eigenvalue weighted by Crippen LogP contribution is 2.35. The predicted octanol–water partition coefficient (Wildman–Crippen LogP) is 6.19. The molecule has 0 radical (unpaired) electrons. The molecule has 0 saturated carbocycles. The van der Waals surface area contributed by atoms with E-state index in [1.165, 1.54) is 11.3 Å². The van der Waals surface area contributed by atoms with E-state index >= 15 is 0 Å². The number of halogens is 2. The lowest BCUT2D eigenvalue weighted by atomic mass is 9.96. The smallest absolute Gasteiger partial charge is 0.338 e. The van der Waals surface area contributed by atoms with Crippen LogP contribution >= 0.6 is 38.9 Å².